The summed E-state index contributed by atoms with van der Waals surface area (Å²) in [6, 6.07) is 21.0. The van der Waals surface area contributed by atoms with Gasteiger partial charge in [-0.25, -0.2) is 4.79 Å². The summed E-state index contributed by atoms with van der Waals surface area (Å²) in [5.74, 6) is -0.324. The van der Waals surface area contributed by atoms with Crippen molar-refractivity contribution in [2.24, 2.45) is 4.99 Å². The molecule has 1 N–H and O–H groups in total. The van der Waals surface area contributed by atoms with E-state index in [1.165, 1.54) is 4.90 Å². The molecule has 0 saturated heterocycles. The van der Waals surface area contributed by atoms with Crippen LogP contribution in [-0.4, -0.2) is 43.8 Å². The second-order valence-corrected chi connectivity index (χ2v) is 7.78. The Balaban J connectivity index is 1.51. The highest BCUT2D eigenvalue weighted by Crippen LogP contribution is 2.33. The molecule has 3 aromatic rings. The Morgan fingerprint density at radius 3 is 2.40 bits per heavy atom. The topological polar surface area (TPSA) is 97.3 Å². The second kappa shape index (κ2) is 10.6. The van der Waals surface area contributed by atoms with Gasteiger partial charge >= 0.3 is 5.97 Å². The summed E-state index contributed by atoms with van der Waals surface area (Å²) in [5, 5.41) is 2.78. The SMILES string of the molecule is CCOC(=O)c1ccc(NC(=O)CN2C(=O)CC(c3ccc(OC)cc3)=Nc3ccccc32)cc1. The van der Waals surface area contributed by atoms with Gasteiger partial charge < -0.3 is 19.7 Å². The zero-order valence-corrected chi connectivity index (χ0v) is 19.5. The molecule has 3 aromatic carbocycles. The second-order valence-electron chi connectivity index (χ2n) is 7.78. The van der Waals surface area contributed by atoms with E-state index in [9.17, 15) is 14.4 Å². The molecule has 8 nitrogen and oxygen atoms in total. The number of para-hydroxylation sites is 2. The first-order chi connectivity index (χ1) is 17.0. The maximum absolute atomic E-state index is 13.2. The molecular formula is C27H25N3O5. The standard InChI is InChI=1S/C27H25N3O5/c1-3-35-27(33)19-8-12-20(13-9-19)28-25(31)17-30-24-7-5-4-6-22(24)29-23(16-26(30)32)18-10-14-21(34-2)15-11-18/h4-15H,3,16-17H2,1-2H3,(H,28,31). The van der Waals surface area contributed by atoms with Gasteiger partial charge in [-0.15, -0.1) is 0 Å². The lowest BCUT2D eigenvalue weighted by atomic mass is 10.1. The average molecular weight is 472 g/mol. The normalized spacial score (nSPS) is 12.8. The maximum Gasteiger partial charge on any atom is 0.338 e. The Hall–Kier alpha value is -4.46. The molecule has 0 radical (unpaired) electrons. The molecule has 178 valence electrons. The van der Waals surface area contributed by atoms with Crippen LogP contribution in [0.3, 0.4) is 0 Å². The van der Waals surface area contributed by atoms with Crippen molar-refractivity contribution in [3.8, 4) is 5.75 Å². The molecule has 0 atom stereocenters. The van der Waals surface area contributed by atoms with Crippen molar-refractivity contribution < 1.29 is 23.9 Å². The Bertz CT molecular complexity index is 1270. The first-order valence-corrected chi connectivity index (χ1v) is 11.2. The number of ether oxygens (including phenoxy) is 2. The smallest absolute Gasteiger partial charge is 0.338 e. The minimum atomic E-state index is -0.426. The molecule has 0 spiro atoms. The number of carbonyl (C=O) groups excluding carboxylic acids is 3. The van der Waals surface area contributed by atoms with Crippen molar-refractivity contribution in [1.29, 1.82) is 0 Å². The number of fused-ring (bicyclic) bond motifs is 1. The van der Waals surface area contributed by atoms with Crippen LogP contribution in [0.15, 0.2) is 77.8 Å². The quantitative estimate of drug-likeness (QED) is 0.516. The highest BCUT2D eigenvalue weighted by molar-refractivity contribution is 6.19. The van der Waals surface area contributed by atoms with E-state index in [1.54, 1.807) is 50.4 Å². The van der Waals surface area contributed by atoms with Gasteiger partial charge in [-0.05, 0) is 73.2 Å². The Kier molecular flexibility index (Phi) is 7.21. The monoisotopic (exact) mass is 471 g/mol. The van der Waals surface area contributed by atoms with Crippen molar-refractivity contribution >= 4 is 40.6 Å². The first-order valence-electron chi connectivity index (χ1n) is 11.2. The number of hydrogen-bond acceptors (Lipinski definition) is 6. The third-order valence-electron chi connectivity index (χ3n) is 5.45. The largest absolute Gasteiger partial charge is 0.497 e. The van der Waals surface area contributed by atoms with Crippen LogP contribution in [0.1, 0.15) is 29.3 Å². The molecule has 8 heteroatoms. The summed E-state index contributed by atoms with van der Waals surface area (Å²) < 4.78 is 10.2. The van der Waals surface area contributed by atoms with Gasteiger partial charge in [0.1, 0.15) is 12.3 Å². The van der Waals surface area contributed by atoms with Crippen LogP contribution in [0.25, 0.3) is 0 Å². The van der Waals surface area contributed by atoms with Crippen molar-refractivity contribution in [2.75, 3.05) is 30.5 Å². The predicted octanol–water partition coefficient (Wildman–Crippen LogP) is 4.37. The number of esters is 1. The first kappa shape index (κ1) is 23.7. The molecule has 1 heterocycles. The number of anilines is 2. The van der Waals surface area contributed by atoms with Gasteiger partial charge in [0, 0.05) is 5.69 Å². The zero-order chi connectivity index (χ0) is 24.8. The van der Waals surface area contributed by atoms with Crippen LogP contribution < -0.4 is 15.0 Å². The zero-order valence-electron chi connectivity index (χ0n) is 19.5. The van der Waals surface area contributed by atoms with E-state index in [2.05, 4.69) is 5.32 Å². The van der Waals surface area contributed by atoms with Crippen LogP contribution in [0.5, 0.6) is 5.75 Å². The van der Waals surface area contributed by atoms with Crippen molar-refractivity contribution in [2.45, 2.75) is 13.3 Å². The van der Waals surface area contributed by atoms with E-state index in [-0.39, 0.29) is 31.4 Å². The molecule has 2 amide bonds. The fourth-order valence-corrected chi connectivity index (χ4v) is 3.72. The lowest BCUT2D eigenvalue weighted by molar-refractivity contribution is -0.120. The van der Waals surface area contributed by atoms with Gasteiger partial charge in [0.05, 0.1) is 42.8 Å². The number of hydrogen-bond donors (Lipinski definition) is 1. The summed E-state index contributed by atoms with van der Waals surface area (Å²) in [5.41, 5.74) is 3.49. The lowest BCUT2D eigenvalue weighted by Gasteiger charge is -2.22. The number of carbonyl (C=O) groups is 3. The van der Waals surface area contributed by atoms with Gasteiger partial charge in [-0.3, -0.25) is 14.6 Å². The minimum absolute atomic E-state index is 0.0442. The number of rotatable bonds is 7. The summed E-state index contributed by atoms with van der Waals surface area (Å²) in [6.07, 6.45) is 0.0442. The molecular weight excluding hydrogens is 446 g/mol. The fraction of sp³-hybridized carbons (Fsp3) is 0.185. The van der Waals surface area contributed by atoms with E-state index < -0.39 is 5.97 Å². The Morgan fingerprint density at radius 2 is 1.71 bits per heavy atom. The predicted molar refractivity (Wildman–Crippen MR) is 134 cm³/mol. The van der Waals surface area contributed by atoms with Crippen molar-refractivity contribution in [3.63, 3.8) is 0 Å². The van der Waals surface area contributed by atoms with E-state index >= 15 is 0 Å². The van der Waals surface area contributed by atoms with E-state index in [1.807, 2.05) is 36.4 Å². The number of nitrogens with zero attached hydrogens (tertiary/aromatic N) is 2. The van der Waals surface area contributed by atoms with E-state index in [0.717, 1.165) is 5.56 Å². The van der Waals surface area contributed by atoms with Crippen LogP contribution in [0, 0.1) is 0 Å². The lowest BCUT2D eigenvalue weighted by Crippen LogP contribution is -2.38. The van der Waals surface area contributed by atoms with Crippen molar-refractivity contribution in [3.05, 3.63) is 83.9 Å². The highest BCUT2D eigenvalue weighted by Gasteiger charge is 2.26. The van der Waals surface area contributed by atoms with Crippen molar-refractivity contribution in [1.82, 2.24) is 0 Å². The molecule has 35 heavy (non-hydrogen) atoms. The average Bonchev–Trinajstić information content (AvgIpc) is 3.01. The number of benzene rings is 3. The minimum Gasteiger partial charge on any atom is -0.497 e. The van der Waals surface area contributed by atoms with Crippen LogP contribution in [0.2, 0.25) is 0 Å². The van der Waals surface area contributed by atoms with Gasteiger partial charge in [0.15, 0.2) is 0 Å². The Labute approximate surface area is 203 Å². The molecule has 0 bridgehead atoms. The molecule has 4 rings (SSSR count). The number of amides is 2. The molecule has 0 unspecified atom stereocenters. The molecule has 1 aliphatic rings. The molecule has 0 fully saturated rings. The molecule has 0 aromatic heterocycles. The highest BCUT2D eigenvalue weighted by atomic mass is 16.5. The van der Waals surface area contributed by atoms with Gasteiger partial charge in [0.25, 0.3) is 0 Å². The Morgan fingerprint density at radius 1 is 1.00 bits per heavy atom. The van der Waals surface area contributed by atoms with Crippen LogP contribution in [-0.2, 0) is 14.3 Å². The van der Waals surface area contributed by atoms with Gasteiger partial charge in [0.2, 0.25) is 11.8 Å². The van der Waals surface area contributed by atoms with E-state index in [4.69, 9.17) is 14.5 Å². The van der Waals surface area contributed by atoms with Gasteiger partial charge in [-0.2, -0.15) is 0 Å². The maximum atomic E-state index is 13.2. The number of aliphatic imine (C=N–C) groups is 1. The van der Waals surface area contributed by atoms with Crippen LogP contribution in [0.4, 0.5) is 17.1 Å². The van der Waals surface area contributed by atoms with Gasteiger partial charge in [-0.1, -0.05) is 12.1 Å². The molecule has 1 aliphatic heterocycles. The fourth-order valence-electron chi connectivity index (χ4n) is 3.72. The van der Waals surface area contributed by atoms with E-state index in [0.29, 0.717) is 34.1 Å². The summed E-state index contributed by atoms with van der Waals surface area (Å²) in [7, 11) is 1.59. The third-order valence-corrected chi connectivity index (χ3v) is 5.45. The number of nitrogens with one attached hydrogen (secondary N) is 1. The van der Waals surface area contributed by atoms with Crippen LogP contribution >= 0.6 is 0 Å². The number of methoxy groups -OCH3 is 1. The summed E-state index contributed by atoms with van der Waals surface area (Å²) in [6.45, 7) is 1.84. The third kappa shape index (κ3) is 5.55. The summed E-state index contributed by atoms with van der Waals surface area (Å²) >= 11 is 0. The molecule has 0 saturated carbocycles. The summed E-state index contributed by atoms with van der Waals surface area (Å²) in [4.78, 5) is 44.1. The molecule has 0 aliphatic carbocycles.